The van der Waals surface area contributed by atoms with Crippen LogP contribution in [0.2, 0.25) is 0 Å². The van der Waals surface area contributed by atoms with Crippen molar-refractivity contribution >= 4 is 21.9 Å². The summed E-state index contributed by atoms with van der Waals surface area (Å²) in [6.07, 6.45) is 0.506. The predicted octanol–water partition coefficient (Wildman–Crippen LogP) is 1.93. The number of hydrogen-bond acceptors (Lipinski definition) is 2. The van der Waals surface area contributed by atoms with Crippen LogP contribution in [0.25, 0.3) is 0 Å². The Kier molecular flexibility index (Phi) is 4.77. The quantitative estimate of drug-likeness (QED) is 0.508. The van der Waals surface area contributed by atoms with Gasteiger partial charge in [-0.2, -0.15) is 0 Å². The van der Waals surface area contributed by atoms with Gasteiger partial charge in [-0.1, -0.05) is 13.8 Å². The zero-order valence-corrected chi connectivity index (χ0v) is 7.27. The smallest absolute Gasteiger partial charge is 0.306 e. The molecule has 0 aromatic carbocycles. The van der Waals surface area contributed by atoms with Crippen LogP contribution in [0.15, 0.2) is 0 Å². The second-order valence-corrected chi connectivity index (χ2v) is 2.68. The van der Waals surface area contributed by atoms with Crippen LogP contribution in [0, 0.1) is 5.92 Å². The van der Waals surface area contributed by atoms with Crippen LogP contribution in [-0.2, 0) is 9.53 Å². The van der Waals surface area contributed by atoms with E-state index in [9.17, 15) is 4.79 Å². The molecular weight excluding hydrogens is 184 g/mol. The number of carbonyl (C=O) groups excluding carboxylic acids is 1. The molecule has 0 fully saturated rings. The summed E-state index contributed by atoms with van der Waals surface area (Å²) in [5.41, 5.74) is 0.304. The third-order valence-corrected chi connectivity index (χ3v) is 1.02. The van der Waals surface area contributed by atoms with Gasteiger partial charge in [0.15, 0.2) is 0 Å². The molecule has 2 nitrogen and oxygen atoms in total. The Labute approximate surface area is 63.7 Å². The van der Waals surface area contributed by atoms with Crippen molar-refractivity contribution in [3.8, 4) is 0 Å². The number of halogens is 1. The second kappa shape index (κ2) is 4.79. The van der Waals surface area contributed by atoms with Crippen molar-refractivity contribution in [3.05, 3.63) is 0 Å². The SMILES string of the molecule is CC(C)CC(=O)OCBr. The molecule has 0 rings (SSSR count). The minimum Gasteiger partial charge on any atom is -0.454 e. The van der Waals surface area contributed by atoms with E-state index in [0.717, 1.165) is 0 Å². The average molecular weight is 195 g/mol. The Hall–Kier alpha value is -0.0500. The van der Waals surface area contributed by atoms with Crippen LogP contribution < -0.4 is 0 Å². The second-order valence-electron chi connectivity index (χ2n) is 2.22. The fourth-order valence-corrected chi connectivity index (χ4v) is 0.708. The van der Waals surface area contributed by atoms with Crippen molar-refractivity contribution < 1.29 is 9.53 Å². The molecule has 0 amide bonds. The lowest BCUT2D eigenvalue weighted by Gasteiger charge is -2.01. The van der Waals surface area contributed by atoms with E-state index in [2.05, 4.69) is 20.7 Å². The third-order valence-electron chi connectivity index (χ3n) is 0.790. The van der Waals surface area contributed by atoms with Crippen LogP contribution in [-0.4, -0.2) is 11.5 Å². The highest BCUT2D eigenvalue weighted by molar-refractivity contribution is 9.09. The first-order valence-corrected chi connectivity index (χ1v) is 4.00. The van der Waals surface area contributed by atoms with E-state index >= 15 is 0 Å². The molecule has 9 heavy (non-hydrogen) atoms. The summed E-state index contributed by atoms with van der Waals surface area (Å²) in [4.78, 5) is 10.6. The molecule has 0 aliphatic heterocycles. The Balaban J connectivity index is 3.27. The molecule has 3 heteroatoms. The summed E-state index contributed by atoms with van der Waals surface area (Å²) >= 11 is 3.00. The van der Waals surface area contributed by atoms with Crippen molar-refractivity contribution in [2.75, 3.05) is 5.52 Å². The van der Waals surface area contributed by atoms with Crippen molar-refractivity contribution in [2.24, 2.45) is 5.92 Å². The molecule has 0 aliphatic rings. The Bertz CT molecular complexity index is 91.1. The van der Waals surface area contributed by atoms with Gasteiger partial charge in [-0.25, -0.2) is 0 Å². The number of carbonyl (C=O) groups is 1. The van der Waals surface area contributed by atoms with Gasteiger partial charge in [-0.3, -0.25) is 4.79 Å². The summed E-state index contributed by atoms with van der Waals surface area (Å²) in [6.45, 7) is 3.96. The normalized spacial score (nSPS) is 9.78. The molecule has 0 saturated heterocycles. The lowest BCUT2D eigenvalue weighted by atomic mass is 10.1. The molecule has 0 saturated carbocycles. The molecule has 0 aromatic rings. The molecular formula is C6H11BrO2. The molecule has 0 aliphatic carbocycles. The van der Waals surface area contributed by atoms with Crippen LogP contribution in [0.4, 0.5) is 0 Å². The molecule has 54 valence electrons. The van der Waals surface area contributed by atoms with Gasteiger partial charge >= 0.3 is 5.97 Å². The first-order valence-electron chi connectivity index (χ1n) is 2.88. The Morgan fingerprint density at radius 1 is 1.67 bits per heavy atom. The predicted molar refractivity (Wildman–Crippen MR) is 39.3 cm³/mol. The third kappa shape index (κ3) is 5.83. The molecule has 0 heterocycles. The molecule has 0 unspecified atom stereocenters. The minimum atomic E-state index is -0.137. The summed E-state index contributed by atoms with van der Waals surface area (Å²) in [5.74, 6) is 0.249. The van der Waals surface area contributed by atoms with Gasteiger partial charge < -0.3 is 4.74 Å². The highest BCUT2D eigenvalue weighted by Crippen LogP contribution is 2.01. The van der Waals surface area contributed by atoms with Crippen molar-refractivity contribution in [2.45, 2.75) is 20.3 Å². The van der Waals surface area contributed by atoms with Crippen LogP contribution in [0.3, 0.4) is 0 Å². The van der Waals surface area contributed by atoms with Gasteiger partial charge in [0.1, 0.15) is 5.52 Å². The topological polar surface area (TPSA) is 26.3 Å². The van der Waals surface area contributed by atoms with Gasteiger partial charge in [0.2, 0.25) is 0 Å². The highest BCUT2D eigenvalue weighted by Gasteiger charge is 2.03. The van der Waals surface area contributed by atoms with Crippen molar-refractivity contribution in [3.63, 3.8) is 0 Å². The molecule has 0 N–H and O–H groups in total. The van der Waals surface area contributed by atoms with Crippen LogP contribution >= 0.6 is 15.9 Å². The van der Waals surface area contributed by atoms with Gasteiger partial charge in [0, 0.05) is 6.42 Å². The van der Waals surface area contributed by atoms with Gasteiger partial charge in [-0.05, 0) is 21.8 Å². The van der Waals surface area contributed by atoms with E-state index in [-0.39, 0.29) is 5.97 Å². The molecule has 0 bridgehead atoms. The molecule has 0 radical (unpaired) electrons. The van der Waals surface area contributed by atoms with E-state index in [4.69, 9.17) is 0 Å². The Morgan fingerprint density at radius 2 is 2.22 bits per heavy atom. The number of rotatable bonds is 3. The van der Waals surface area contributed by atoms with Crippen molar-refractivity contribution in [1.29, 1.82) is 0 Å². The maximum absolute atomic E-state index is 10.6. The lowest BCUT2D eigenvalue weighted by Crippen LogP contribution is -2.05. The maximum Gasteiger partial charge on any atom is 0.306 e. The standard InChI is InChI=1S/C6H11BrO2/c1-5(2)3-6(8)9-4-7/h5H,3-4H2,1-2H3. The maximum atomic E-state index is 10.6. The summed E-state index contributed by atoms with van der Waals surface area (Å²) < 4.78 is 4.63. The lowest BCUT2D eigenvalue weighted by molar-refractivity contribution is -0.142. The van der Waals surface area contributed by atoms with Crippen LogP contribution in [0.5, 0.6) is 0 Å². The first-order chi connectivity index (χ1) is 4.16. The summed E-state index contributed by atoms with van der Waals surface area (Å²) in [7, 11) is 0. The zero-order chi connectivity index (χ0) is 7.28. The molecule has 0 spiro atoms. The van der Waals surface area contributed by atoms with E-state index < -0.39 is 0 Å². The van der Waals surface area contributed by atoms with Gasteiger partial charge in [0.05, 0.1) is 0 Å². The fourth-order valence-electron chi connectivity index (χ4n) is 0.453. The monoisotopic (exact) mass is 194 g/mol. The average Bonchev–Trinajstić information content (AvgIpc) is 1.63. The van der Waals surface area contributed by atoms with Gasteiger partial charge in [-0.15, -0.1) is 0 Å². The van der Waals surface area contributed by atoms with Crippen molar-refractivity contribution in [1.82, 2.24) is 0 Å². The number of alkyl halides is 1. The molecule has 0 atom stereocenters. The fraction of sp³-hybridized carbons (Fsp3) is 0.833. The van der Waals surface area contributed by atoms with E-state index in [0.29, 0.717) is 17.9 Å². The first kappa shape index (κ1) is 8.95. The van der Waals surface area contributed by atoms with E-state index in [1.165, 1.54) is 0 Å². The summed E-state index contributed by atoms with van der Waals surface area (Å²) in [6, 6.07) is 0. The molecule has 0 aromatic heterocycles. The van der Waals surface area contributed by atoms with Gasteiger partial charge in [0.25, 0.3) is 0 Å². The zero-order valence-electron chi connectivity index (χ0n) is 5.69. The number of esters is 1. The van der Waals surface area contributed by atoms with E-state index in [1.807, 2.05) is 13.8 Å². The highest BCUT2D eigenvalue weighted by atomic mass is 79.9. The largest absolute Gasteiger partial charge is 0.454 e. The summed E-state index contributed by atoms with van der Waals surface area (Å²) in [5, 5.41) is 0. The number of ether oxygens (including phenoxy) is 1. The minimum absolute atomic E-state index is 0.137. The van der Waals surface area contributed by atoms with Crippen LogP contribution in [0.1, 0.15) is 20.3 Å². The number of hydrogen-bond donors (Lipinski definition) is 0. The Morgan fingerprint density at radius 3 is 2.56 bits per heavy atom. The van der Waals surface area contributed by atoms with E-state index in [1.54, 1.807) is 0 Å².